The van der Waals surface area contributed by atoms with Crippen LogP contribution in [0.4, 0.5) is 0 Å². The first kappa shape index (κ1) is 14.1. The van der Waals surface area contributed by atoms with Crippen molar-refractivity contribution in [3.8, 4) is 11.1 Å². The van der Waals surface area contributed by atoms with Crippen molar-refractivity contribution < 1.29 is 0 Å². The fourth-order valence-electron chi connectivity index (χ4n) is 5.47. The third-order valence-corrected chi connectivity index (χ3v) is 8.00. The summed E-state index contributed by atoms with van der Waals surface area (Å²) in [5.74, 6) is 0.695. The van der Waals surface area contributed by atoms with E-state index in [9.17, 15) is 0 Å². The van der Waals surface area contributed by atoms with E-state index in [0.29, 0.717) is 5.92 Å². The molecule has 1 atom stereocenters. The smallest absolute Gasteiger partial charge is 0.0448 e. The Kier molecular flexibility index (Phi) is 2.45. The Labute approximate surface area is 149 Å². The van der Waals surface area contributed by atoms with Crippen LogP contribution in [-0.2, 0) is 6.42 Å². The Morgan fingerprint density at radius 3 is 1.96 bits per heavy atom. The Morgan fingerprint density at radius 2 is 1.28 bits per heavy atom. The van der Waals surface area contributed by atoms with Crippen LogP contribution in [0.3, 0.4) is 0 Å². The predicted molar refractivity (Wildman–Crippen MR) is 113 cm³/mol. The molecule has 0 bridgehead atoms. The molecule has 0 heterocycles. The van der Waals surface area contributed by atoms with Gasteiger partial charge in [-0.2, -0.15) is 0 Å². The molecule has 0 N–H and O–H groups in total. The van der Waals surface area contributed by atoms with E-state index in [1.54, 1.807) is 22.3 Å². The number of hydrogen-bond acceptors (Lipinski definition) is 0. The second-order valence-electron chi connectivity index (χ2n) is 9.22. The van der Waals surface area contributed by atoms with E-state index in [0.717, 1.165) is 0 Å². The van der Waals surface area contributed by atoms with Gasteiger partial charge in [0.1, 0.15) is 0 Å². The van der Waals surface area contributed by atoms with Gasteiger partial charge in [0.25, 0.3) is 0 Å². The number of hydrogen-bond donors (Lipinski definition) is 0. The topological polar surface area (TPSA) is 0 Å². The summed E-state index contributed by atoms with van der Waals surface area (Å²) >= 11 is 0. The van der Waals surface area contributed by atoms with Crippen molar-refractivity contribution in [3.63, 3.8) is 0 Å². The van der Waals surface area contributed by atoms with Gasteiger partial charge in [0.05, 0.1) is 0 Å². The maximum Gasteiger partial charge on any atom is 0.0448 e. The highest BCUT2D eigenvalue weighted by Gasteiger charge is 2.34. The van der Waals surface area contributed by atoms with Crippen LogP contribution in [0.15, 0.2) is 48.5 Å². The van der Waals surface area contributed by atoms with Crippen LogP contribution in [-0.4, -0.2) is 8.07 Å². The molecule has 122 valence electrons. The summed E-state index contributed by atoms with van der Waals surface area (Å²) in [4.78, 5) is 0. The third-order valence-electron chi connectivity index (χ3n) is 6.28. The first-order valence-corrected chi connectivity index (χ1v) is 13.2. The molecular formula is C24H22Si. The Hall–Kier alpha value is -2.12. The van der Waals surface area contributed by atoms with Crippen LogP contribution in [0, 0.1) is 0 Å². The van der Waals surface area contributed by atoms with Crippen LogP contribution in [0.5, 0.6) is 0 Å². The molecule has 0 aliphatic heterocycles. The first-order chi connectivity index (χ1) is 12.0. The van der Waals surface area contributed by atoms with Crippen LogP contribution >= 0.6 is 0 Å². The molecule has 4 aromatic rings. The van der Waals surface area contributed by atoms with E-state index in [2.05, 4.69) is 68.2 Å². The Morgan fingerprint density at radius 1 is 0.720 bits per heavy atom. The summed E-state index contributed by atoms with van der Waals surface area (Å²) in [7, 11) is -1.11. The summed E-state index contributed by atoms with van der Waals surface area (Å²) in [6, 6.07) is 20.2. The molecule has 0 radical (unpaired) electrons. The Bertz CT molecular complexity index is 1220. The van der Waals surface area contributed by atoms with Crippen molar-refractivity contribution in [2.24, 2.45) is 0 Å². The molecule has 4 aromatic carbocycles. The second kappa shape index (κ2) is 4.34. The highest BCUT2D eigenvalue weighted by atomic mass is 28.3. The molecule has 0 saturated heterocycles. The van der Waals surface area contributed by atoms with Gasteiger partial charge in [-0.15, -0.1) is 0 Å². The van der Waals surface area contributed by atoms with Gasteiger partial charge in [0.15, 0.2) is 0 Å². The van der Waals surface area contributed by atoms with Crippen LogP contribution in [0.1, 0.15) is 17.0 Å². The standard InChI is InChI=1S/C24H22Si/c1-25(2,3)13-18-12-17-9-8-15-5-4-14-6-7-16-10-11-19(18)24-22(16)20(14)21(15)23(17)24/h4-11,18H,12-13H2,1-3H3. The van der Waals surface area contributed by atoms with Crippen molar-refractivity contribution >= 4 is 40.4 Å². The Balaban J connectivity index is 1.81. The van der Waals surface area contributed by atoms with Crippen LogP contribution < -0.4 is 0 Å². The summed E-state index contributed by atoms with van der Waals surface area (Å²) < 4.78 is 0. The lowest BCUT2D eigenvalue weighted by Gasteiger charge is -2.31. The molecular weight excluding hydrogens is 316 g/mol. The van der Waals surface area contributed by atoms with E-state index in [-0.39, 0.29) is 0 Å². The van der Waals surface area contributed by atoms with Crippen molar-refractivity contribution in [2.75, 3.05) is 0 Å². The van der Waals surface area contributed by atoms with Gasteiger partial charge in [-0.25, -0.2) is 0 Å². The zero-order valence-corrected chi connectivity index (χ0v) is 16.1. The molecule has 0 spiro atoms. The van der Waals surface area contributed by atoms with Gasteiger partial charge in [0.2, 0.25) is 0 Å². The van der Waals surface area contributed by atoms with Gasteiger partial charge in [-0.3, -0.25) is 0 Å². The number of benzene rings is 4. The fourth-order valence-corrected chi connectivity index (χ4v) is 7.31. The van der Waals surface area contributed by atoms with Crippen molar-refractivity contribution in [3.05, 3.63) is 59.7 Å². The molecule has 0 aromatic heterocycles. The van der Waals surface area contributed by atoms with Crippen molar-refractivity contribution in [1.29, 1.82) is 0 Å². The van der Waals surface area contributed by atoms with Gasteiger partial charge in [-0.05, 0) is 66.9 Å². The molecule has 0 nitrogen and oxygen atoms in total. The lowest BCUT2D eigenvalue weighted by molar-refractivity contribution is 0.739. The molecule has 6 rings (SSSR count). The van der Waals surface area contributed by atoms with E-state index in [4.69, 9.17) is 0 Å². The summed E-state index contributed by atoms with van der Waals surface area (Å²) in [5, 5.41) is 8.78. The zero-order chi connectivity index (χ0) is 16.9. The second-order valence-corrected chi connectivity index (χ2v) is 14.8. The normalized spacial score (nSPS) is 17.8. The SMILES string of the molecule is C[Si](C)(C)CC1Cc2ccc3ccc4ccc5ccc1c1c5c4c3c2-1. The molecule has 1 heteroatoms. The third kappa shape index (κ3) is 1.72. The quantitative estimate of drug-likeness (QED) is 0.238. The van der Waals surface area contributed by atoms with Gasteiger partial charge in [-0.1, -0.05) is 74.2 Å². The zero-order valence-electron chi connectivity index (χ0n) is 15.1. The maximum absolute atomic E-state index is 2.51. The highest BCUT2D eigenvalue weighted by Crippen LogP contribution is 2.55. The van der Waals surface area contributed by atoms with E-state index >= 15 is 0 Å². The van der Waals surface area contributed by atoms with E-state index < -0.39 is 8.07 Å². The van der Waals surface area contributed by atoms with Gasteiger partial charge < -0.3 is 0 Å². The van der Waals surface area contributed by atoms with Gasteiger partial charge >= 0.3 is 0 Å². The van der Waals surface area contributed by atoms with Crippen molar-refractivity contribution in [1.82, 2.24) is 0 Å². The summed E-state index contributed by atoms with van der Waals surface area (Å²) in [5.41, 5.74) is 6.36. The average molecular weight is 339 g/mol. The minimum absolute atomic E-state index is 0.695. The van der Waals surface area contributed by atoms with Gasteiger partial charge in [0, 0.05) is 8.07 Å². The fraction of sp³-hybridized carbons (Fsp3) is 0.250. The average Bonchev–Trinajstić information content (AvgIpc) is 2.94. The molecule has 0 saturated carbocycles. The molecule has 0 amide bonds. The molecule has 2 aliphatic carbocycles. The van der Waals surface area contributed by atoms with Crippen LogP contribution in [0.25, 0.3) is 43.4 Å². The van der Waals surface area contributed by atoms with E-state index in [1.807, 2.05) is 0 Å². The summed E-state index contributed by atoms with van der Waals surface area (Å²) in [6.45, 7) is 7.54. The summed E-state index contributed by atoms with van der Waals surface area (Å²) in [6.07, 6.45) is 1.22. The predicted octanol–water partition coefficient (Wildman–Crippen LogP) is 7.10. The molecule has 25 heavy (non-hydrogen) atoms. The number of rotatable bonds is 2. The first-order valence-electron chi connectivity index (χ1n) is 9.46. The lowest BCUT2D eigenvalue weighted by Crippen LogP contribution is -2.25. The minimum Gasteiger partial charge on any atom is -0.0695 e. The molecule has 1 unspecified atom stereocenters. The lowest BCUT2D eigenvalue weighted by atomic mass is 9.79. The maximum atomic E-state index is 2.51. The van der Waals surface area contributed by atoms with Crippen LogP contribution in [0.2, 0.25) is 25.7 Å². The minimum atomic E-state index is -1.11. The highest BCUT2D eigenvalue weighted by molar-refractivity contribution is 6.76. The largest absolute Gasteiger partial charge is 0.0695 e. The molecule has 0 fully saturated rings. The molecule has 2 aliphatic rings. The van der Waals surface area contributed by atoms with E-state index in [1.165, 1.54) is 44.8 Å². The van der Waals surface area contributed by atoms with Crippen molar-refractivity contribution in [2.45, 2.75) is 38.0 Å². The monoisotopic (exact) mass is 338 g/mol.